The highest BCUT2D eigenvalue weighted by Crippen LogP contribution is 2.37. The number of rotatable bonds is 2. The number of nitrogen functional groups attached to an aromatic ring is 1. The number of aryl methyl sites for hydroxylation is 1. The van der Waals surface area contributed by atoms with E-state index in [1.54, 1.807) is 0 Å². The van der Waals surface area contributed by atoms with Gasteiger partial charge in [0.05, 0.1) is 16.1 Å². The van der Waals surface area contributed by atoms with Gasteiger partial charge in [0.25, 0.3) is 5.69 Å². The molecule has 0 spiro atoms. The van der Waals surface area contributed by atoms with Gasteiger partial charge in [-0.3, -0.25) is 10.1 Å². The Morgan fingerprint density at radius 2 is 1.96 bits per heavy atom. The molecule has 6 nitrogen and oxygen atoms in total. The number of benzene rings is 1. The van der Waals surface area contributed by atoms with Crippen molar-refractivity contribution in [1.82, 2.24) is 4.98 Å². The third-order valence-electron chi connectivity index (χ3n) is 4.31. The highest BCUT2D eigenvalue weighted by atomic mass is 19.1. The number of aromatic nitrogens is 1. The molecule has 1 aliphatic heterocycles. The van der Waals surface area contributed by atoms with Gasteiger partial charge in [-0.05, 0) is 37.5 Å². The molecule has 2 N–H and O–H groups in total. The molecule has 0 saturated carbocycles. The van der Waals surface area contributed by atoms with Crippen LogP contribution in [0.5, 0.6) is 0 Å². The fourth-order valence-electron chi connectivity index (χ4n) is 2.98. The van der Waals surface area contributed by atoms with Gasteiger partial charge in [-0.15, -0.1) is 0 Å². The molecule has 1 fully saturated rings. The Morgan fingerprint density at radius 3 is 2.58 bits per heavy atom. The van der Waals surface area contributed by atoms with E-state index >= 15 is 0 Å². The first kappa shape index (κ1) is 17.8. The van der Waals surface area contributed by atoms with Crippen LogP contribution in [0.4, 0.5) is 15.9 Å². The summed E-state index contributed by atoms with van der Waals surface area (Å²) in [5.74, 6) is 5.98. The molecule has 2 aromatic rings. The zero-order valence-corrected chi connectivity index (χ0v) is 14.3. The maximum Gasteiger partial charge on any atom is 0.299 e. The second-order valence-corrected chi connectivity index (χ2v) is 6.10. The number of nitrogens with zero attached hydrogens (tertiary/aromatic N) is 2. The number of anilines is 1. The minimum atomic E-state index is -0.500. The monoisotopic (exact) mass is 355 g/mol. The molecule has 134 valence electrons. The minimum Gasteiger partial charge on any atom is -0.383 e. The van der Waals surface area contributed by atoms with E-state index in [0.29, 0.717) is 24.3 Å². The smallest absolute Gasteiger partial charge is 0.299 e. The van der Waals surface area contributed by atoms with E-state index in [0.717, 1.165) is 12.8 Å². The Morgan fingerprint density at radius 1 is 1.31 bits per heavy atom. The van der Waals surface area contributed by atoms with Gasteiger partial charge in [-0.25, -0.2) is 9.37 Å². The zero-order valence-electron chi connectivity index (χ0n) is 14.3. The molecule has 1 aromatic heterocycles. The fourth-order valence-corrected chi connectivity index (χ4v) is 2.98. The average Bonchev–Trinajstić information content (AvgIpc) is 2.61. The third kappa shape index (κ3) is 3.65. The molecule has 7 heteroatoms. The first-order valence-corrected chi connectivity index (χ1v) is 8.27. The van der Waals surface area contributed by atoms with Crippen LogP contribution < -0.4 is 5.73 Å². The molecular formula is C19H18FN3O3. The van der Waals surface area contributed by atoms with Crippen LogP contribution in [0.3, 0.4) is 0 Å². The molecule has 0 radical (unpaired) electrons. The number of ether oxygens (including phenoxy) is 1. The standard InChI is InChI=1S/C19H18FN3O3/c1-12-18(23(24)25)17(14-3-5-15(20)6-4-14)16(19(21)22-12)7-2-13-8-10-26-11-9-13/h3-6,13H,8-11H2,1H3,(H2,21,22). The van der Waals surface area contributed by atoms with Crippen LogP contribution in [-0.4, -0.2) is 23.1 Å². The van der Waals surface area contributed by atoms with Crippen LogP contribution in [0.1, 0.15) is 24.1 Å². The number of nitrogens with two attached hydrogens (primary N) is 1. The van der Waals surface area contributed by atoms with Crippen molar-refractivity contribution in [2.24, 2.45) is 5.92 Å². The molecule has 26 heavy (non-hydrogen) atoms. The van der Waals surface area contributed by atoms with Gasteiger partial charge < -0.3 is 10.5 Å². The lowest BCUT2D eigenvalue weighted by atomic mass is 9.96. The van der Waals surface area contributed by atoms with Crippen molar-refractivity contribution in [2.75, 3.05) is 18.9 Å². The van der Waals surface area contributed by atoms with Gasteiger partial charge in [0.2, 0.25) is 0 Å². The van der Waals surface area contributed by atoms with Gasteiger partial charge in [-0.2, -0.15) is 0 Å². The first-order chi connectivity index (χ1) is 12.5. The molecule has 0 atom stereocenters. The van der Waals surface area contributed by atoms with Gasteiger partial charge in [0.15, 0.2) is 0 Å². The predicted octanol–water partition coefficient (Wildman–Crippen LogP) is 3.46. The quantitative estimate of drug-likeness (QED) is 0.506. The fraction of sp³-hybridized carbons (Fsp3) is 0.316. The molecule has 0 unspecified atom stereocenters. The number of hydrogen-bond donors (Lipinski definition) is 1. The van der Waals surface area contributed by atoms with Crippen LogP contribution in [-0.2, 0) is 4.74 Å². The van der Waals surface area contributed by atoms with Gasteiger partial charge in [0, 0.05) is 19.1 Å². The van der Waals surface area contributed by atoms with Crippen molar-refractivity contribution in [3.63, 3.8) is 0 Å². The molecular weight excluding hydrogens is 337 g/mol. The summed E-state index contributed by atoms with van der Waals surface area (Å²) in [6.07, 6.45) is 1.61. The Balaban J connectivity index is 2.19. The summed E-state index contributed by atoms with van der Waals surface area (Å²) in [5.41, 5.74) is 7.13. The first-order valence-electron chi connectivity index (χ1n) is 8.27. The molecule has 3 rings (SSSR count). The van der Waals surface area contributed by atoms with E-state index in [2.05, 4.69) is 16.8 Å². The Hall–Kier alpha value is -2.98. The average molecular weight is 355 g/mol. The Labute approximate surface area is 150 Å². The second-order valence-electron chi connectivity index (χ2n) is 6.10. The van der Waals surface area contributed by atoms with E-state index in [9.17, 15) is 14.5 Å². The van der Waals surface area contributed by atoms with Crippen LogP contribution >= 0.6 is 0 Å². The molecule has 1 aromatic carbocycles. The van der Waals surface area contributed by atoms with Crippen molar-refractivity contribution in [3.8, 4) is 23.0 Å². The summed E-state index contributed by atoms with van der Waals surface area (Å²) in [6.45, 7) is 2.81. The van der Waals surface area contributed by atoms with E-state index in [1.165, 1.54) is 31.2 Å². The van der Waals surface area contributed by atoms with E-state index in [4.69, 9.17) is 10.5 Å². The SMILES string of the molecule is Cc1nc(N)c(C#CC2CCOCC2)c(-c2ccc(F)cc2)c1[N+](=O)[O-]. The molecule has 2 heterocycles. The van der Waals surface area contributed by atoms with Crippen molar-refractivity contribution in [3.05, 3.63) is 51.5 Å². The summed E-state index contributed by atoms with van der Waals surface area (Å²) in [4.78, 5) is 15.2. The molecule has 1 saturated heterocycles. The third-order valence-corrected chi connectivity index (χ3v) is 4.31. The summed E-state index contributed by atoms with van der Waals surface area (Å²) in [5, 5.41) is 11.6. The van der Waals surface area contributed by atoms with E-state index < -0.39 is 10.7 Å². The van der Waals surface area contributed by atoms with Crippen LogP contribution in [0.25, 0.3) is 11.1 Å². The number of nitro groups is 1. The summed E-state index contributed by atoms with van der Waals surface area (Å²) in [6, 6.07) is 5.47. The van der Waals surface area contributed by atoms with E-state index in [-0.39, 0.29) is 28.7 Å². The van der Waals surface area contributed by atoms with E-state index in [1.807, 2.05) is 0 Å². The topological polar surface area (TPSA) is 91.3 Å². The summed E-state index contributed by atoms with van der Waals surface area (Å²) >= 11 is 0. The number of hydrogen-bond acceptors (Lipinski definition) is 5. The van der Waals surface area contributed by atoms with Crippen molar-refractivity contribution < 1.29 is 14.1 Å². The zero-order chi connectivity index (χ0) is 18.7. The maximum atomic E-state index is 13.3. The maximum absolute atomic E-state index is 13.3. The van der Waals surface area contributed by atoms with Gasteiger partial charge in [0.1, 0.15) is 17.3 Å². The number of halogens is 1. The lowest BCUT2D eigenvalue weighted by Crippen LogP contribution is -2.14. The summed E-state index contributed by atoms with van der Waals surface area (Å²) < 4.78 is 18.6. The lowest BCUT2D eigenvalue weighted by Gasteiger charge is -2.16. The molecule has 0 aliphatic carbocycles. The highest BCUT2D eigenvalue weighted by molar-refractivity contribution is 5.84. The summed E-state index contributed by atoms with van der Waals surface area (Å²) in [7, 11) is 0. The highest BCUT2D eigenvalue weighted by Gasteiger charge is 2.26. The van der Waals surface area contributed by atoms with Crippen LogP contribution in [0.2, 0.25) is 0 Å². The van der Waals surface area contributed by atoms with Crippen LogP contribution in [0.15, 0.2) is 24.3 Å². The van der Waals surface area contributed by atoms with Crippen molar-refractivity contribution >= 4 is 11.5 Å². The number of pyridine rings is 1. The molecule has 1 aliphatic rings. The Bertz CT molecular complexity index is 895. The van der Waals surface area contributed by atoms with Crippen LogP contribution in [0, 0.1) is 40.6 Å². The van der Waals surface area contributed by atoms with Crippen molar-refractivity contribution in [1.29, 1.82) is 0 Å². The lowest BCUT2D eigenvalue weighted by molar-refractivity contribution is -0.385. The molecule has 0 amide bonds. The minimum absolute atomic E-state index is 0.131. The van der Waals surface area contributed by atoms with Crippen molar-refractivity contribution in [2.45, 2.75) is 19.8 Å². The molecule has 0 bridgehead atoms. The Kier molecular flexibility index (Phi) is 5.14. The normalized spacial score (nSPS) is 14.5. The largest absolute Gasteiger partial charge is 0.383 e. The van der Waals surface area contributed by atoms with Gasteiger partial charge in [-0.1, -0.05) is 24.0 Å². The van der Waals surface area contributed by atoms with Gasteiger partial charge >= 0.3 is 0 Å². The second kappa shape index (κ2) is 7.50. The predicted molar refractivity (Wildman–Crippen MR) is 95.9 cm³/mol.